The van der Waals surface area contributed by atoms with Crippen LogP contribution in [0.2, 0.25) is 0 Å². The minimum atomic E-state index is 0.269. The van der Waals surface area contributed by atoms with Crippen LogP contribution in [-0.2, 0) is 13.0 Å². The van der Waals surface area contributed by atoms with Crippen molar-refractivity contribution in [3.05, 3.63) is 41.5 Å². The summed E-state index contributed by atoms with van der Waals surface area (Å²) in [4.78, 5) is 12.6. The van der Waals surface area contributed by atoms with Gasteiger partial charge in [0.15, 0.2) is 10.7 Å². The molecule has 116 valence electrons. The zero-order valence-electron chi connectivity index (χ0n) is 12.2. The van der Waals surface area contributed by atoms with Crippen LogP contribution in [0.25, 0.3) is 11.0 Å². The van der Waals surface area contributed by atoms with E-state index in [-0.39, 0.29) is 5.69 Å². The summed E-state index contributed by atoms with van der Waals surface area (Å²) in [6.45, 7) is 0.430. The molecule has 7 nitrogen and oxygen atoms in total. The number of rotatable bonds is 5. The second-order valence-corrected chi connectivity index (χ2v) is 5.87. The maximum Gasteiger partial charge on any atom is 0.190 e. The van der Waals surface area contributed by atoms with E-state index in [0.717, 1.165) is 34.4 Å². The van der Waals surface area contributed by atoms with Gasteiger partial charge in [-0.2, -0.15) is 5.26 Å². The van der Waals surface area contributed by atoms with E-state index in [4.69, 9.17) is 21.1 Å². The molecule has 3 aromatic heterocycles. The van der Waals surface area contributed by atoms with Gasteiger partial charge >= 0.3 is 0 Å². The fourth-order valence-electron chi connectivity index (χ4n) is 2.14. The van der Waals surface area contributed by atoms with Crippen molar-refractivity contribution in [2.24, 2.45) is 5.73 Å². The van der Waals surface area contributed by atoms with E-state index in [1.54, 1.807) is 12.5 Å². The molecule has 0 aliphatic rings. The number of nitriles is 1. The molecule has 23 heavy (non-hydrogen) atoms. The Hall–Kier alpha value is -2.63. The third kappa shape index (κ3) is 3.41. The van der Waals surface area contributed by atoms with Crippen LogP contribution in [-0.4, -0.2) is 20.7 Å². The van der Waals surface area contributed by atoms with Crippen LogP contribution in [0.3, 0.4) is 0 Å². The molecular weight excluding hydrogens is 312 g/mol. The fraction of sp³-hybridized carbons (Fsp3) is 0.200. The van der Waals surface area contributed by atoms with Crippen molar-refractivity contribution < 1.29 is 4.42 Å². The molecule has 0 atom stereocenters. The van der Waals surface area contributed by atoms with Gasteiger partial charge in [-0.1, -0.05) is 11.8 Å². The van der Waals surface area contributed by atoms with Gasteiger partial charge in [0.2, 0.25) is 0 Å². The van der Waals surface area contributed by atoms with Crippen molar-refractivity contribution in [1.29, 1.82) is 5.26 Å². The Morgan fingerprint density at radius 2 is 2.17 bits per heavy atom. The largest absolute Gasteiger partial charge is 0.462 e. The Kier molecular flexibility index (Phi) is 4.41. The molecule has 0 bridgehead atoms. The molecule has 0 spiro atoms. The second-order valence-electron chi connectivity index (χ2n) is 4.81. The molecule has 3 heterocycles. The first kappa shape index (κ1) is 15.3. The van der Waals surface area contributed by atoms with Crippen molar-refractivity contribution in [3.8, 4) is 6.07 Å². The van der Waals surface area contributed by atoms with E-state index in [9.17, 15) is 0 Å². The van der Waals surface area contributed by atoms with E-state index < -0.39 is 0 Å². The summed E-state index contributed by atoms with van der Waals surface area (Å²) in [5.74, 6) is 1.02. The Bertz CT molecular complexity index is 885. The Morgan fingerprint density at radius 3 is 2.96 bits per heavy atom. The number of nitrogens with zero attached hydrogens (tertiary/aromatic N) is 4. The molecule has 0 radical (unpaired) electrons. The zero-order chi connectivity index (χ0) is 16.2. The summed E-state index contributed by atoms with van der Waals surface area (Å²) in [6, 6.07) is 5.41. The summed E-state index contributed by atoms with van der Waals surface area (Å²) in [5.41, 5.74) is 14.2. The molecule has 0 fully saturated rings. The van der Waals surface area contributed by atoms with Crippen molar-refractivity contribution in [2.75, 3.05) is 11.5 Å². The van der Waals surface area contributed by atoms with Crippen LogP contribution in [0.1, 0.15) is 17.0 Å². The number of furan rings is 1. The second kappa shape index (κ2) is 6.64. The molecule has 0 saturated carbocycles. The molecule has 3 rings (SSSR count). The lowest BCUT2D eigenvalue weighted by Gasteiger charge is -2.02. The zero-order valence-corrected chi connectivity index (χ0v) is 13.0. The van der Waals surface area contributed by atoms with Crippen LogP contribution >= 0.6 is 11.8 Å². The number of pyridine rings is 1. The van der Waals surface area contributed by atoms with Crippen LogP contribution < -0.4 is 11.5 Å². The standard InChI is InChI=1S/C15H14N6OS/c16-5-9-8-22-13-7-19-10(3-12(9)13)1-2-23-15-20-11(6-17)4-14(18)21-15/h3-4,7-8H,1-2,5,16H2,(H2,18,20,21). The molecule has 3 aromatic rings. The predicted molar refractivity (Wildman–Crippen MR) is 87.5 cm³/mol. The lowest BCUT2D eigenvalue weighted by Crippen LogP contribution is -1.99. The van der Waals surface area contributed by atoms with E-state index in [2.05, 4.69) is 15.0 Å². The van der Waals surface area contributed by atoms with E-state index in [1.807, 2.05) is 12.1 Å². The van der Waals surface area contributed by atoms with Gasteiger partial charge in [-0.05, 0) is 12.5 Å². The van der Waals surface area contributed by atoms with Gasteiger partial charge in [-0.3, -0.25) is 4.98 Å². The lowest BCUT2D eigenvalue weighted by molar-refractivity contribution is 0.609. The van der Waals surface area contributed by atoms with Gasteiger partial charge in [-0.15, -0.1) is 0 Å². The van der Waals surface area contributed by atoms with E-state index in [0.29, 0.717) is 17.5 Å². The molecule has 0 aliphatic heterocycles. The monoisotopic (exact) mass is 326 g/mol. The van der Waals surface area contributed by atoms with Gasteiger partial charge in [-0.25, -0.2) is 9.97 Å². The van der Waals surface area contributed by atoms with Gasteiger partial charge in [0.25, 0.3) is 0 Å². The van der Waals surface area contributed by atoms with Gasteiger partial charge < -0.3 is 15.9 Å². The van der Waals surface area contributed by atoms with Crippen LogP contribution in [0.5, 0.6) is 0 Å². The minimum Gasteiger partial charge on any atom is -0.462 e. The number of nitrogens with two attached hydrogens (primary N) is 2. The third-order valence-electron chi connectivity index (χ3n) is 3.25. The average Bonchev–Trinajstić information content (AvgIpc) is 2.96. The van der Waals surface area contributed by atoms with Crippen molar-refractivity contribution >= 4 is 28.5 Å². The van der Waals surface area contributed by atoms with Gasteiger partial charge in [0.05, 0.1) is 12.5 Å². The molecule has 0 aliphatic carbocycles. The predicted octanol–water partition coefficient (Wildman–Crippen LogP) is 1.87. The Balaban J connectivity index is 1.69. The molecule has 0 amide bonds. The van der Waals surface area contributed by atoms with E-state index >= 15 is 0 Å². The highest BCUT2D eigenvalue weighted by Crippen LogP contribution is 2.22. The number of hydrogen-bond donors (Lipinski definition) is 2. The first-order valence-corrected chi connectivity index (χ1v) is 7.90. The first-order chi connectivity index (χ1) is 11.2. The first-order valence-electron chi connectivity index (χ1n) is 6.92. The summed E-state index contributed by atoms with van der Waals surface area (Å²) < 4.78 is 5.40. The normalized spacial score (nSPS) is 10.8. The number of nitrogen functional groups attached to an aromatic ring is 1. The van der Waals surface area contributed by atoms with Gasteiger partial charge in [0, 0.05) is 35.0 Å². The highest BCUT2D eigenvalue weighted by Gasteiger charge is 2.08. The van der Waals surface area contributed by atoms with E-state index in [1.165, 1.54) is 17.8 Å². The molecule has 0 saturated heterocycles. The highest BCUT2D eigenvalue weighted by molar-refractivity contribution is 7.99. The third-order valence-corrected chi connectivity index (χ3v) is 4.10. The minimum absolute atomic E-state index is 0.269. The van der Waals surface area contributed by atoms with Crippen LogP contribution in [0.15, 0.2) is 34.2 Å². The maximum absolute atomic E-state index is 8.89. The van der Waals surface area contributed by atoms with Crippen molar-refractivity contribution in [1.82, 2.24) is 15.0 Å². The Morgan fingerprint density at radius 1 is 1.30 bits per heavy atom. The topological polar surface area (TPSA) is 128 Å². The lowest BCUT2D eigenvalue weighted by atomic mass is 10.1. The SMILES string of the molecule is N#Cc1cc(N)nc(SCCc2cc3c(CN)coc3cn2)n1. The molecule has 0 unspecified atom stereocenters. The molecule has 8 heteroatoms. The Labute approximate surface area is 136 Å². The van der Waals surface area contributed by atoms with Crippen molar-refractivity contribution in [2.45, 2.75) is 18.1 Å². The smallest absolute Gasteiger partial charge is 0.190 e. The summed E-state index contributed by atoms with van der Waals surface area (Å²) >= 11 is 1.43. The van der Waals surface area contributed by atoms with Crippen LogP contribution in [0, 0.1) is 11.3 Å². The summed E-state index contributed by atoms with van der Waals surface area (Å²) in [6.07, 6.45) is 4.10. The van der Waals surface area contributed by atoms with Crippen molar-refractivity contribution in [3.63, 3.8) is 0 Å². The number of aryl methyl sites for hydroxylation is 1. The molecule has 4 N–H and O–H groups in total. The summed E-state index contributed by atoms with van der Waals surface area (Å²) in [7, 11) is 0. The molecule has 0 aromatic carbocycles. The van der Waals surface area contributed by atoms with Gasteiger partial charge in [0.1, 0.15) is 17.6 Å². The maximum atomic E-state index is 8.89. The molecular formula is C15H14N6OS. The number of fused-ring (bicyclic) bond motifs is 1. The number of anilines is 1. The quantitative estimate of drug-likeness (QED) is 0.537. The number of thioether (sulfide) groups is 1. The van der Waals surface area contributed by atoms with Crippen LogP contribution in [0.4, 0.5) is 5.82 Å². The summed E-state index contributed by atoms with van der Waals surface area (Å²) in [5, 5.41) is 10.4. The highest BCUT2D eigenvalue weighted by atomic mass is 32.2. The average molecular weight is 326 g/mol. The fourth-order valence-corrected chi connectivity index (χ4v) is 2.96. The number of aromatic nitrogens is 3. The number of hydrogen-bond acceptors (Lipinski definition) is 8.